The van der Waals surface area contributed by atoms with Crippen LogP contribution in [-0.4, -0.2) is 13.2 Å². The second-order valence-electron chi connectivity index (χ2n) is 3.66. The fourth-order valence-electron chi connectivity index (χ4n) is 1.72. The van der Waals surface area contributed by atoms with Gasteiger partial charge in [0.15, 0.2) is 0 Å². The van der Waals surface area contributed by atoms with E-state index in [1.54, 1.807) is 7.11 Å². The third-order valence-corrected chi connectivity index (χ3v) is 2.67. The molecule has 1 aromatic carbocycles. The summed E-state index contributed by atoms with van der Waals surface area (Å²) in [5, 5.41) is 0. The minimum absolute atomic E-state index is 0.112. The van der Waals surface area contributed by atoms with Gasteiger partial charge in [-0.1, -0.05) is 31.2 Å². The molecule has 0 radical (unpaired) electrons. The Balaban J connectivity index is 2.08. The van der Waals surface area contributed by atoms with Gasteiger partial charge in [0, 0.05) is 0 Å². The van der Waals surface area contributed by atoms with E-state index in [9.17, 15) is 0 Å². The molecule has 0 saturated heterocycles. The number of rotatable bonds is 3. The quantitative estimate of drug-likeness (QED) is 0.704. The van der Waals surface area contributed by atoms with E-state index in [1.807, 2.05) is 24.3 Å². The molecule has 0 N–H and O–H groups in total. The summed E-state index contributed by atoms with van der Waals surface area (Å²) >= 11 is 0. The highest BCUT2D eigenvalue weighted by molar-refractivity contribution is 5.31. The van der Waals surface area contributed by atoms with Gasteiger partial charge in [0.25, 0.3) is 0 Å². The Morgan fingerprint density at radius 1 is 1.20 bits per heavy atom. The van der Waals surface area contributed by atoms with E-state index >= 15 is 0 Å². The third-order valence-electron chi connectivity index (χ3n) is 2.67. The van der Waals surface area contributed by atoms with Crippen LogP contribution >= 0.6 is 0 Å². The van der Waals surface area contributed by atoms with Crippen LogP contribution in [0.5, 0.6) is 5.75 Å². The minimum Gasteiger partial charge on any atom is -0.497 e. The Labute approximate surface area is 90.5 Å². The number of methoxy groups -OCH3 is 1. The molecular formula is C13H16O2. The molecular weight excluding hydrogens is 188 g/mol. The van der Waals surface area contributed by atoms with Gasteiger partial charge >= 0.3 is 0 Å². The van der Waals surface area contributed by atoms with Crippen LogP contribution < -0.4 is 4.74 Å². The summed E-state index contributed by atoms with van der Waals surface area (Å²) in [7, 11) is 1.67. The first-order valence-corrected chi connectivity index (χ1v) is 5.31. The maximum Gasteiger partial charge on any atom is 0.118 e. The van der Waals surface area contributed by atoms with Crippen molar-refractivity contribution in [2.24, 2.45) is 0 Å². The van der Waals surface area contributed by atoms with Crippen LogP contribution in [0.25, 0.3) is 0 Å². The lowest BCUT2D eigenvalue weighted by Gasteiger charge is -2.13. The van der Waals surface area contributed by atoms with E-state index in [4.69, 9.17) is 9.47 Å². The molecule has 2 heteroatoms. The zero-order valence-electron chi connectivity index (χ0n) is 9.14. The van der Waals surface area contributed by atoms with Gasteiger partial charge in [-0.05, 0) is 24.1 Å². The molecule has 80 valence electrons. The second-order valence-corrected chi connectivity index (χ2v) is 3.66. The number of ether oxygens (including phenoxy) is 2. The van der Waals surface area contributed by atoms with E-state index in [-0.39, 0.29) is 12.2 Å². The molecule has 0 bridgehead atoms. The Bertz CT molecular complexity index is 340. The average molecular weight is 204 g/mol. The van der Waals surface area contributed by atoms with Crippen LogP contribution in [0.2, 0.25) is 0 Å². The zero-order chi connectivity index (χ0) is 10.7. The van der Waals surface area contributed by atoms with Crippen molar-refractivity contribution in [2.45, 2.75) is 25.6 Å². The van der Waals surface area contributed by atoms with Crippen LogP contribution in [-0.2, 0) is 4.74 Å². The summed E-state index contributed by atoms with van der Waals surface area (Å²) in [4.78, 5) is 0. The molecule has 1 aromatic rings. The van der Waals surface area contributed by atoms with Gasteiger partial charge in [0.05, 0.1) is 13.2 Å². The summed E-state index contributed by atoms with van der Waals surface area (Å²) in [5.41, 5.74) is 1.18. The van der Waals surface area contributed by atoms with Crippen LogP contribution in [0, 0.1) is 0 Å². The molecule has 2 rings (SSSR count). The van der Waals surface area contributed by atoms with Gasteiger partial charge in [0.1, 0.15) is 11.9 Å². The lowest BCUT2D eigenvalue weighted by atomic mass is 10.1. The van der Waals surface area contributed by atoms with Gasteiger partial charge in [-0.3, -0.25) is 0 Å². The van der Waals surface area contributed by atoms with Gasteiger partial charge in [-0.15, -0.1) is 0 Å². The molecule has 1 aliphatic heterocycles. The smallest absolute Gasteiger partial charge is 0.118 e. The normalized spacial score (nSPS) is 24.4. The number of benzene rings is 1. The van der Waals surface area contributed by atoms with Crippen LogP contribution in [0.3, 0.4) is 0 Å². The first-order valence-electron chi connectivity index (χ1n) is 5.31. The molecule has 0 aliphatic carbocycles. The number of hydrogen-bond acceptors (Lipinski definition) is 2. The minimum atomic E-state index is 0.112. The molecule has 0 spiro atoms. The SMILES string of the molecule is CCC1C=CC(c2ccc(OC)cc2)O1. The maximum atomic E-state index is 5.82. The molecule has 0 aromatic heterocycles. The van der Waals surface area contributed by atoms with E-state index in [2.05, 4.69) is 19.1 Å². The molecule has 0 amide bonds. The first-order chi connectivity index (χ1) is 7.33. The largest absolute Gasteiger partial charge is 0.497 e. The van der Waals surface area contributed by atoms with E-state index in [0.717, 1.165) is 12.2 Å². The van der Waals surface area contributed by atoms with Gasteiger partial charge in [-0.25, -0.2) is 0 Å². The first kappa shape index (κ1) is 10.2. The molecule has 15 heavy (non-hydrogen) atoms. The zero-order valence-corrected chi connectivity index (χ0v) is 9.14. The molecule has 2 nitrogen and oxygen atoms in total. The predicted molar refractivity (Wildman–Crippen MR) is 60.0 cm³/mol. The molecule has 1 heterocycles. The van der Waals surface area contributed by atoms with E-state index < -0.39 is 0 Å². The summed E-state index contributed by atoms with van der Waals surface area (Å²) in [6.07, 6.45) is 5.67. The van der Waals surface area contributed by atoms with Crippen molar-refractivity contribution in [3.05, 3.63) is 42.0 Å². The van der Waals surface area contributed by atoms with Crippen molar-refractivity contribution in [1.82, 2.24) is 0 Å². The van der Waals surface area contributed by atoms with Gasteiger partial charge < -0.3 is 9.47 Å². The Kier molecular flexibility index (Phi) is 3.07. The van der Waals surface area contributed by atoms with Crippen LogP contribution in [0.1, 0.15) is 25.0 Å². The molecule has 0 fully saturated rings. The average Bonchev–Trinajstić information content (AvgIpc) is 2.78. The molecule has 2 unspecified atom stereocenters. The van der Waals surface area contributed by atoms with Crippen molar-refractivity contribution in [1.29, 1.82) is 0 Å². The fraction of sp³-hybridized carbons (Fsp3) is 0.385. The lowest BCUT2D eigenvalue weighted by molar-refractivity contribution is 0.0586. The topological polar surface area (TPSA) is 18.5 Å². The van der Waals surface area contributed by atoms with Crippen molar-refractivity contribution >= 4 is 0 Å². The highest BCUT2D eigenvalue weighted by atomic mass is 16.5. The van der Waals surface area contributed by atoms with Gasteiger partial charge in [0.2, 0.25) is 0 Å². The van der Waals surface area contributed by atoms with Crippen molar-refractivity contribution in [2.75, 3.05) is 7.11 Å². The summed E-state index contributed by atoms with van der Waals surface area (Å²) < 4.78 is 10.9. The van der Waals surface area contributed by atoms with Crippen LogP contribution in [0.15, 0.2) is 36.4 Å². The maximum absolute atomic E-state index is 5.82. The highest BCUT2D eigenvalue weighted by Crippen LogP contribution is 2.28. The summed E-state index contributed by atoms with van der Waals surface area (Å²) in [6, 6.07) is 8.02. The van der Waals surface area contributed by atoms with E-state index in [0.29, 0.717) is 0 Å². The third kappa shape index (κ3) is 2.21. The lowest BCUT2D eigenvalue weighted by Crippen LogP contribution is -2.05. The monoisotopic (exact) mass is 204 g/mol. The Morgan fingerprint density at radius 3 is 2.47 bits per heavy atom. The highest BCUT2D eigenvalue weighted by Gasteiger charge is 2.18. The molecule has 0 saturated carbocycles. The van der Waals surface area contributed by atoms with Gasteiger partial charge in [-0.2, -0.15) is 0 Å². The Morgan fingerprint density at radius 2 is 1.93 bits per heavy atom. The molecule has 2 atom stereocenters. The fourth-order valence-corrected chi connectivity index (χ4v) is 1.72. The number of hydrogen-bond donors (Lipinski definition) is 0. The molecule has 1 aliphatic rings. The Hall–Kier alpha value is -1.28. The second kappa shape index (κ2) is 4.49. The van der Waals surface area contributed by atoms with Crippen molar-refractivity contribution in [3.63, 3.8) is 0 Å². The summed E-state index contributed by atoms with van der Waals surface area (Å²) in [5.74, 6) is 0.882. The standard InChI is InChI=1S/C13H16O2/c1-3-11-8-9-13(15-11)10-4-6-12(14-2)7-5-10/h4-9,11,13H,3H2,1-2H3. The summed E-state index contributed by atoms with van der Waals surface area (Å²) in [6.45, 7) is 2.13. The van der Waals surface area contributed by atoms with Crippen LogP contribution in [0.4, 0.5) is 0 Å². The predicted octanol–water partition coefficient (Wildman–Crippen LogP) is 3.10. The van der Waals surface area contributed by atoms with Crippen molar-refractivity contribution in [3.8, 4) is 5.75 Å². The van der Waals surface area contributed by atoms with Crippen molar-refractivity contribution < 1.29 is 9.47 Å². The van der Waals surface area contributed by atoms with E-state index in [1.165, 1.54) is 5.56 Å².